The van der Waals surface area contributed by atoms with E-state index in [1.807, 2.05) is 13.0 Å². The molecule has 4 nitrogen and oxygen atoms in total. The molecule has 5 aromatic rings. The van der Waals surface area contributed by atoms with Gasteiger partial charge in [-0.25, -0.2) is 9.97 Å². The summed E-state index contributed by atoms with van der Waals surface area (Å²) in [5.74, 6) is 2.21. The van der Waals surface area contributed by atoms with Crippen LogP contribution in [-0.2, 0) is 5.41 Å². The molecule has 0 bridgehead atoms. The molecule has 0 unspecified atom stereocenters. The van der Waals surface area contributed by atoms with Crippen LogP contribution < -0.4 is 9.47 Å². The topological polar surface area (TPSA) is 44.2 Å². The number of rotatable bonds is 5. The first kappa shape index (κ1) is 23.0. The minimum absolute atomic E-state index is 0.473. The maximum absolute atomic E-state index is 6.17. The number of aryl methyl sites for hydroxylation is 3. The van der Waals surface area contributed by atoms with Crippen molar-refractivity contribution in [1.29, 1.82) is 0 Å². The first-order chi connectivity index (χ1) is 18.0. The maximum atomic E-state index is 6.17. The first-order valence-corrected chi connectivity index (χ1v) is 12.4. The molecule has 0 saturated carbocycles. The van der Waals surface area contributed by atoms with Gasteiger partial charge in [0.2, 0.25) is 5.88 Å². The molecule has 1 heterocycles. The van der Waals surface area contributed by atoms with Gasteiger partial charge < -0.3 is 9.47 Å². The van der Waals surface area contributed by atoms with Crippen LogP contribution in [0.15, 0.2) is 97.3 Å². The van der Waals surface area contributed by atoms with Gasteiger partial charge in [0.05, 0.1) is 12.5 Å². The van der Waals surface area contributed by atoms with Crippen molar-refractivity contribution in [3.05, 3.63) is 136 Å². The minimum atomic E-state index is -0.473. The van der Waals surface area contributed by atoms with Gasteiger partial charge in [-0.1, -0.05) is 72.8 Å². The second-order valence-corrected chi connectivity index (χ2v) is 9.61. The molecule has 182 valence electrons. The fourth-order valence-corrected chi connectivity index (χ4v) is 5.73. The fraction of sp³-hybridized carbons (Fsp3) is 0.152. The molecule has 0 aliphatic heterocycles. The van der Waals surface area contributed by atoms with Gasteiger partial charge in [0.25, 0.3) is 0 Å². The molecule has 1 aliphatic rings. The lowest BCUT2D eigenvalue weighted by molar-refractivity contribution is 0.411. The van der Waals surface area contributed by atoms with Crippen molar-refractivity contribution < 1.29 is 9.47 Å². The van der Waals surface area contributed by atoms with Gasteiger partial charge in [-0.2, -0.15) is 0 Å². The Kier molecular flexibility index (Phi) is 5.53. The van der Waals surface area contributed by atoms with Gasteiger partial charge in [-0.05, 0) is 77.4 Å². The summed E-state index contributed by atoms with van der Waals surface area (Å²) in [5, 5.41) is 0. The molecular formula is C33H28N2O2. The highest BCUT2D eigenvalue weighted by molar-refractivity contribution is 5.86. The molecule has 6 rings (SSSR count). The molecule has 0 saturated heterocycles. The van der Waals surface area contributed by atoms with E-state index in [1.165, 1.54) is 39.7 Å². The van der Waals surface area contributed by atoms with Crippen LogP contribution in [0.25, 0.3) is 11.1 Å². The van der Waals surface area contributed by atoms with E-state index in [1.54, 1.807) is 7.11 Å². The molecule has 0 fully saturated rings. The molecule has 4 aromatic carbocycles. The number of ether oxygens (including phenoxy) is 2. The van der Waals surface area contributed by atoms with E-state index < -0.39 is 5.41 Å². The zero-order valence-corrected chi connectivity index (χ0v) is 21.4. The molecular weight excluding hydrogens is 456 g/mol. The molecule has 37 heavy (non-hydrogen) atoms. The van der Waals surface area contributed by atoms with Crippen molar-refractivity contribution in [3.63, 3.8) is 0 Å². The highest BCUT2D eigenvalue weighted by Gasteiger charge is 2.46. The van der Waals surface area contributed by atoms with Crippen molar-refractivity contribution in [2.24, 2.45) is 0 Å². The third-order valence-corrected chi connectivity index (χ3v) is 7.38. The summed E-state index contributed by atoms with van der Waals surface area (Å²) in [4.78, 5) is 8.45. The number of hydrogen-bond acceptors (Lipinski definition) is 4. The van der Waals surface area contributed by atoms with E-state index in [4.69, 9.17) is 9.47 Å². The van der Waals surface area contributed by atoms with Crippen LogP contribution in [0.3, 0.4) is 0 Å². The van der Waals surface area contributed by atoms with Crippen LogP contribution in [0.5, 0.6) is 17.4 Å². The van der Waals surface area contributed by atoms with Crippen LogP contribution in [0.1, 0.15) is 39.1 Å². The van der Waals surface area contributed by atoms with Crippen molar-refractivity contribution in [2.75, 3.05) is 7.11 Å². The standard InChI is InChI=1S/C33H28N2O2/c1-21-17-24(13-15-30(21)36-4)33(28-11-7-5-9-26(28)27-10-6-8-12-29(27)33)25-14-16-31(22(2)18-25)37-32-19-23(3)34-20-35-32/h5-20H,1-4H3. The van der Waals surface area contributed by atoms with Gasteiger partial charge in [0.1, 0.15) is 17.8 Å². The average molecular weight is 485 g/mol. The van der Waals surface area contributed by atoms with Crippen molar-refractivity contribution in [3.8, 4) is 28.5 Å². The molecule has 0 radical (unpaired) electrons. The summed E-state index contributed by atoms with van der Waals surface area (Å²) < 4.78 is 11.8. The average Bonchev–Trinajstić information content (AvgIpc) is 3.21. The number of fused-ring (bicyclic) bond motifs is 3. The summed E-state index contributed by atoms with van der Waals surface area (Å²) in [6.45, 7) is 6.13. The smallest absolute Gasteiger partial charge is 0.222 e. The van der Waals surface area contributed by atoms with E-state index >= 15 is 0 Å². The SMILES string of the molecule is COc1ccc(C2(c3ccc(Oc4cc(C)ncn4)c(C)c3)c3ccccc3-c3ccccc32)cc1C. The van der Waals surface area contributed by atoms with Crippen molar-refractivity contribution in [2.45, 2.75) is 26.2 Å². The molecule has 0 N–H and O–H groups in total. The van der Waals surface area contributed by atoms with Crippen LogP contribution in [-0.4, -0.2) is 17.1 Å². The quantitative estimate of drug-likeness (QED) is 0.253. The van der Waals surface area contributed by atoms with Gasteiger partial charge in [-0.3, -0.25) is 0 Å². The zero-order valence-electron chi connectivity index (χ0n) is 21.4. The van der Waals surface area contributed by atoms with Crippen LogP contribution in [0.4, 0.5) is 0 Å². The summed E-state index contributed by atoms with van der Waals surface area (Å²) in [7, 11) is 1.72. The van der Waals surface area contributed by atoms with Gasteiger partial charge in [0.15, 0.2) is 0 Å². The number of benzene rings is 4. The first-order valence-electron chi connectivity index (χ1n) is 12.4. The largest absolute Gasteiger partial charge is 0.496 e. The predicted octanol–water partition coefficient (Wildman–Crippen LogP) is 7.57. The number of aromatic nitrogens is 2. The van der Waals surface area contributed by atoms with Crippen LogP contribution in [0.2, 0.25) is 0 Å². The second kappa shape index (κ2) is 8.90. The highest BCUT2D eigenvalue weighted by Crippen LogP contribution is 2.56. The molecule has 1 aliphatic carbocycles. The Morgan fingerprint density at radius 3 is 1.73 bits per heavy atom. The summed E-state index contributed by atoms with van der Waals surface area (Å²) in [6.07, 6.45) is 1.53. The molecule has 0 spiro atoms. The summed E-state index contributed by atoms with van der Waals surface area (Å²) >= 11 is 0. The Hall–Kier alpha value is -4.44. The van der Waals surface area contributed by atoms with Gasteiger partial charge in [-0.15, -0.1) is 0 Å². The lowest BCUT2D eigenvalue weighted by Crippen LogP contribution is -2.28. The Morgan fingerprint density at radius 2 is 1.19 bits per heavy atom. The van der Waals surface area contributed by atoms with Gasteiger partial charge in [0, 0.05) is 11.8 Å². The Morgan fingerprint density at radius 1 is 0.622 bits per heavy atom. The predicted molar refractivity (Wildman–Crippen MR) is 147 cm³/mol. The van der Waals surface area contributed by atoms with E-state index in [9.17, 15) is 0 Å². The monoisotopic (exact) mass is 484 g/mol. The third-order valence-electron chi connectivity index (χ3n) is 7.38. The van der Waals surface area contributed by atoms with Crippen LogP contribution in [0, 0.1) is 20.8 Å². The van der Waals surface area contributed by atoms with E-state index in [2.05, 4.69) is 109 Å². The van der Waals surface area contributed by atoms with E-state index in [-0.39, 0.29) is 0 Å². The summed E-state index contributed by atoms with van der Waals surface area (Å²) in [6, 6.07) is 32.4. The summed E-state index contributed by atoms with van der Waals surface area (Å²) in [5.41, 5.74) is 10.0. The number of nitrogens with zero attached hydrogens (tertiary/aromatic N) is 2. The van der Waals surface area contributed by atoms with Gasteiger partial charge >= 0.3 is 0 Å². The normalized spacial score (nSPS) is 13.1. The Balaban J connectivity index is 1.60. The fourth-order valence-electron chi connectivity index (χ4n) is 5.73. The van der Waals surface area contributed by atoms with E-state index in [0.717, 1.165) is 28.3 Å². The molecule has 0 atom stereocenters. The van der Waals surface area contributed by atoms with Crippen LogP contribution >= 0.6 is 0 Å². The minimum Gasteiger partial charge on any atom is -0.496 e. The molecule has 0 amide bonds. The Labute approximate surface area is 217 Å². The van der Waals surface area contributed by atoms with Crippen molar-refractivity contribution in [1.82, 2.24) is 9.97 Å². The Bertz CT molecular complexity index is 1590. The second-order valence-electron chi connectivity index (χ2n) is 9.61. The highest BCUT2D eigenvalue weighted by atomic mass is 16.5. The number of hydrogen-bond donors (Lipinski definition) is 0. The lowest BCUT2D eigenvalue weighted by atomic mass is 9.67. The van der Waals surface area contributed by atoms with Crippen molar-refractivity contribution >= 4 is 0 Å². The zero-order chi connectivity index (χ0) is 25.6. The third kappa shape index (κ3) is 3.60. The van der Waals surface area contributed by atoms with E-state index in [0.29, 0.717) is 5.88 Å². The molecule has 4 heteroatoms. The maximum Gasteiger partial charge on any atom is 0.222 e. The lowest BCUT2D eigenvalue weighted by Gasteiger charge is -2.34. The number of methoxy groups -OCH3 is 1. The molecule has 1 aromatic heterocycles.